The summed E-state index contributed by atoms with van der Waals surface area (Å²) in [7, 11) is 0. The zero-order valence-electron chi connectivity index (χ0n) is 12.2. The van der Waals surface area contributed by atoms with Crippen molar-refractivity contribution >= 4 is 16.8 Å². The van der Waals surface area contributed by atoms with Crippen LogP contribution in [0.3, 0.4) is 0 Å². The monoisotopic (exact) mass is 286 g/mol. The molecule has 1 saturated carbocycles. The van der Waals surface area contributed by atoms with E-state index >= 15 is 0 Å². The molecule has 21 heavy (non-hydrogen) atoms. The minimum Gasteiger partial charge on any atom is -0.396 e. The molecule has 112 valence electrons. The van der Waals surface area contributed by atoms with Gasteiger partial charge in [0.2, 0.25) is 0 Å². The first-order chi connectivity index (χ1) is 10.2. The number of aromatic nitrogens is 1. The van der Waals surface area contributed by atoms with Crippen molar-refractivity contribution in [2.45, 2.75) is 32.1 Å². The zero-order valence-corrected chi connectivity index (χ0v) is 12.2. The highest BCUT2D eigenvalue weighted by atomic mass is 16.3. The Morgan fingerprint density at radius 3 is 2.81 bits per heavy atom. The molecule has 1 amide bonds. The molecule has 4 nitrogen and oxygen atoms in total. The highest BCUT2D eigenvalue weighted by molar-refractivity contribution is 6.06. The van der Waals surface area contributed by atoms with Gasteiger partial charge in [0.05, 0.1) is 6.61 Å². The molecule has 1 aliphatic carbocycles. The predicted molar refractivity (Wildman–Crippen MR) is 83.2 cm³/mol. The molecule has 1 aromatic heterocycles. The number of benzene rings is 1. The molecule has 3 rings (SSSR count). The Morgan fingerprint density at radius 1 is 1.24 bits per heavy atom. The number of aromatic amines is 1. The molecule has 0 saturated heterocycles. The first-order valence-corrected chi connectivity index (χ1v) is 7.69. The molecule has 0 radical (unpaired) electrons. The lowest BCUT2D eigenvalue weighted by Crippen LogP contribution is -2.41. The summed E-state index contributed by atoms with van der Waals surface area (Å²) in [5.41, 5.74) is 1.54. The molecule has 0 bridgehead atoms. The Morgan fingerprint density at radius 2 is 2.05 bits per heavy atom. The summed E-state index contributed by atoms with van der Waals surface area (Å²) < 4.78 is 0. The number of carbonyl (C=O) groups is 1. The molecule has 3 N–H and O–H groups in total. The number of H-pyrrole nitrogens is 1. The maximum atomic E-state index is 12.5. The summed E-state index contributed by atoms with van der Waals surface area (Å²) in [6, 6.07) is 7.61. The van der Waals surface area contributed by atoms with Crippen LogP contribution < -0.4 is 5.32 Å². The Labute approximate surface area is 124 Å². The van der Waals surface area contributed by atoms with Gasteiger partial charge in [-0.2, -0.15) is 0 Å². The van der Waals surface area contributed by atoms with Gasteiger partial charge >= 0.3 is 0 Å². The second-order valence-electron chi connectivity index (χ2n) is 6.15. The lowest BCUT2D eigenvalue weighted by atomic mass is 9.74. The van der Waals surface area contributed by atoms with E-state index in [1.807, 2.05) is 30.5 Å². The number of fused-ring (bicyclic) bond motifs is 1. The van der Waals surface area contributed by atoms with Gasteiger partial charge in [-0.15, -0.1) is 0 Å². The smallest absolute Gasteiger partial charge is 0.251 e. The Hall–Kier alpha value is -1.81. The Kier molecular flexibility index (Phi) is 3.97. The summed E-state index contributed by atoms with van der Waals surface area (Å²) in [6.45, 7) is 0.713. The van der Waals surface area contributed by atoms with Gasteiger partial charge in [0.1, 0.15) is 0 Å². The van der Waals surface area contributed by atoms with Crippen molar-refractivity contribution in [3.05, 3.63) is 36.0 Å². The van der Waals surface area contributed by atoms with E-state index in [4.69, 9.17) is 0 Å². The summed E-state index contributed by atoms with van der Waals surface area (Å²) in [6.07, 6.45) is 7.36. The molecular formula is C17H22N2O2. The Bertz CT molecular complexity index is 627. The van der Waals surface area contributed by atoms with Crippen LogP contribution in [0.2, 0.25) is 0 Å². The number of amides is 1. The van der Waals surface area contributed by atoms with Crippen LogP contribution in [0.4, 0.5) is 0 Å². The fourth-order valence-electron chi connectivity index (χ4n) is 3.34. The first kappa shape index (κ1) is 14.1. The summed E-state index contributed by atoms with van der Waals surface area (Å²) in [4.78, 5) is 15.6. The van der Waals surface area contributed by atoms with Crippen molar-refractivity contribution in [2.75, 3.05) is 13.2 Å². The third-order valence-corrected chi connectivity index (χ3v) is 4.71. The molecule has 0 unspecified atom stereocenters. The standard InChI is InChI=1S/C17H22N2O2/c20-12-17(8-2-1-3-9-17)11-19-16(21)14-5-4-6-15-13(14)7-10-18-15/h4-7,10,18,20H,1-3,8-9,11-12H2,(H,19,21). The van der Waals surface area contributed by atoms with Crippen molar-refractivity contribution in [3.63, 3.8) is 0 Å². The average Bonchev–Trinajstić information content (AvgIpc) is 3.02. The van der Waals surface area contributed by atoms with Crippen LogP contribution in [-0.4, -0.2) is 29.1 Å². The second kappa shape index (κ2) is 5.90. The van der Waals surface area contributed by atoms with Crippen LogP contribution in [0.5, 0.6) is 0 Å². The van der Waals surface area contributed by atoms with Crippen LogP contribution in [0, 0.1) is 5.41 Å². The minimum absolute atomic E-state index is 0.0569. The van der Waals surface area contributed by atoms with E-state index in [9.17, 15) is 9.90 Å². The average molecular weight is 286 g/mol. The number of aliphatic hydroxyl groups excluding tert-OH is 1. The van der Waals surface area contributed by atoms with Crippen LogP contribution in [0.25, 0.3) is 10.9 Å². The molecule has 2 aromatic rings. The fraction of sp³-hybridized carbons (Fsp3) is 0.471. The fourth-order valence-corrected chi connectivity index (χ4v) is 3.34. The minimum atomic E-state index is -0.125. The third kappa shape index (κ3) is 2.81. The molecule has 1 heterocycles. The number of hydrogen-bond acceptors (Lipinski definition) is 2. The number of carbonyl (C=O) groups excluding carboxylic acids is 1. The summed E-state index contributed by atoms with van der Waals surface area (Å²) >= 11 is 0. The number of hydrogen-bond donors (Lipinski definition) is 3. The number of nitrogens with one attached hydrogen (secondary N) is 2. The van der Waals surface area contributed by atoms with Crippen LogP contribution in [0.15, 0.2) is 30.5 Å². The van der Waals surface area contributed by atoms with Crippen LogP contribution in [-0.2, 0) is 0 Å². The van der Waals surface area contributed by atoms with E-state index in [1.54, 1.807) is 0 Å². The van der Waals surface area contributed by atoms with Gasteiger partial charge in [0, 0.05) is 34.6 Å². The number of aliphatic hydroxyl groups is 1. The van der Waals surface area contributed by atoms with Crippen molar-refractivity contribution in [2.24, 2.45) is 5.41 Å². The van der Waals surface area contributed by atoms with E-state index in [2.05, 4.69) is 10.3 Å². The van der Waals surface area contributed by atoms with Crippen molar-refractivity contribution < 1.29 is 9.90 Å². The molecule has 0 aliphatic heterocycles. The van der Waals surface area contributed by atoms with Gasteiger partial charge in [-0.3, -0.25) is 4.79 Å². The second-order valence-corrected chi connectivity index (χ2v) is 6.15. The molecule has 1 aromatic carbocycles. The van der Waals surface area contributed by atoms with E-state index in [-0.39, 0.29) is 17.9 Å². The molecule has 0 spiro atoms. The van der Waals surface area contributed by atoms with Gasteiger partial charge in [0.25, 0.3) is 5.91 Å². The van der Waals surface area contributed by atoms with Crippen LogP contribution >= 0.6 is 0 Å². The van der Waals surface area contributed by atoms with Crippen LogP contribution in [0.1, 0.15) is 42.5 Å². The third-order valence-electron chi connectivity index (χ3n) is 4.71. The highest BCUT2D eigenvalue weighted by Gasteiger charge is 2.31. The highest BCUT2D eigenvalue weighted by Crippen LogP contribution is 2.35. The molecule has 1 aliphatic rings. The summed E-state index contributed by atoms with van der Waals surface area (Å²) in [5.74, 6) is -0.0569. The van der Waals surface area contributed by atoms with Gasteiger partial charge in [0.15, 0.2) is 0 Å². The van der Waals surface area contributed by atoms with E-state index in [1.165, 1.54) is 6.42 Å². The van der Waals surface area contributed by atoms with Gasteiger partial charge in [-0.1, -0.05) is 25.3 Å². The Balaban J connectivity index is 1.73. The molecule has 4 heteroatoms. The van der Waals surface area contributed by atoms with Gasteiger partial charge < -0.3 is 15.4 Å². The SMILES string of the molecule is O=C(NCC1(CO)CCCCC1)c1cccc2[nH]ccc12. The summed E-state index contributed by atoms with van der Waals surface area (Å²) in [5, 5.41) is 13.7. The van der Waals surface area contributed by atoms with Crippen molar-refractivity contribution in [1.82, 2.24) is 10.3 Å². The normalized spacial score (nSPS) is 17.8. The maximum Gasteiger partial charge on any atom is 0.251 e. The molecule has 0 atom stereocenters. The van der Waals surface area contributed by atoms with Gasteiger partial charge in [-0.25, -0.2) is 0 Å². The molecule has 1 fully saturated rings. The first-order valence-electron chi connectivity index (χ1n) is 7.69. The van der Waals surface area contributed by atoms with Crippen molar-refractivity contribution in [1.29, 1.82) is 0 Å². The van der Waals surface area contributed by atoms with E-state index in [0.29, 0.717) is 12.1 Å². The molecular weight excluding hydrogens is 264 g/mol. The predicted octanol–water partition coefficient (Wildman–Crippen LogP) is 2.84. The quantitative estimate of drug-likeness (QED) is 0.809. The largest absolute Gasteiger partial charge is 0.396 e. The topological polar surface area (TPSA) is 65.1 Å². The lowest BCUT2D eigenvalue weighted by molar-refractivity contribution is 0.0719. The van der Waals surface area contributed by atoms with Crippen molar-refractivity contribution in [3.8, 4) is 0 Å². The van der Waals surface area contributed by atoms with E-state index < -0.39 is 0 Å². The zero-order chi connectivity index (χ0) is 14.7. The maximum absolute atomic E-state index is 12.5. The number of rotatable bonds is 4. The lowest BCUT2D eigenvalue weighted by Gasteiger charge is -2.35. The van der Waals surface area contributed by atoms with Gasteiger partial charge in [-0.05, 0) is 31.0 Å². The van der Waals surface area contributed by atoms with E-state index in [0.717, 1.165) is 36.6 Å².